The number of pyridine rings is 1. The van der Waals surface area contributed by atoms with Crippen LogP contribution in [0.1, 0.15) is 30.5 Å². The number of carbonyl (C=O) groups is 1. The number of aromatic nitrogens is 1. The van der Waals surface area contributed by atoms with Crippen molar-refractivity contribution in [2.75, 3.05) is 31.5 Å². The van der Waals surface area contributed by atoms with Gasteiger partial charge in [0, 0.05) is 49.2 Å². The SMILES string of the molecule is Cc1ccc(S(=O)(=O)Nc2ccc3c(c2)CC(=O)N([C@H](C)CO)C[C@H](C)[C@@H](CN(C)Cc2ccncc2)O3)cc1. The predicted molar refractivity (Wildman–Crippen MR) is 155 cm³/mol. The molecule has 3 aromatic rings. The number of sulfonamides is 1. The minimum absolute atomic E-state index is 0.0199. The molecule has 0 fully saturated rings. The van der Waals surface area contributed by atoms with Gasteiger partial charge < -0.3 is 14.7 Å². The zero-order valence-electron chi connectivity index (χ0n) is 23.4. The largest absolute Gasteiger partial charge is 0.488 e. The summed E-state index contributed by atoms with van der Waals surface area (Å²) in [5.41, 5.74) is 3.02. The average molecular weight is 567 g/mol. The van der Waals surface area contributed by atoms with Crippen molar-refractivity contribution in [2.45, 2.75) is 50.8 Å². The fraction of sp³-hybridized carbons (Fsp3) is 0.400. The number of anilines is 1. The second-order valence-electron chi connectivity index (χ2n) is 10.7. The molecular weight excluding hydrogens is 528 g/mol. The number of fused-ring (bicyclic) bond motifs is 1. The van der Waals surface area contributed by atoms with E-state index in [-0.39, 0.29) is 41.9 Å². The molecule has 3 atom stereocenters. The molecule has 0 radical (unpaired) electrons. The molecule has 1 aliphatic heterocycles. The van der Waals surface area contributed by atoms with E-state index in [1.807, 2.05) is 40.0 Å². The van der Waals surface area contributed by atoms with Gasteiger partial charge in [0.15, 0.2) is 0 Å². The standard InChI is InChI=1S/C30H38N4O5S/c1-21-5-8-27(9-6-21)40(37,38)32-26-7-10-28-25(15-26)16-30(36)34(23(3)20-35)17-22(2)29(39-28)19-33(4)18-24-11-13-31-14-12-24/h5-15,22-23,29,32,35H,16-20H2,1-4H3/t22-,23+,29+/m0/s1. The minimum atomic E-state index is -3.82. The Bertz CT molecular complexity index is 1400. The predicted octanol–water partition coefficient (Wildman–Crippen LogP) is 3.47. The smallest absolute Gasteiger partial charge is 0.261 e. The highest BCUT2D eigenvalue weighted by molar-refractivity contribution is 7.92. The fourth-order valence-corrected chi connectivity index (χ4v) is 5.86. The van der Waals surface area contributed by atoms with Crippen LogP contribution in [0.3, 0.4) is 0 Å². The molecule has 0 bridgehead atoms. The number of aliphatic hydroxyl groups excluding tert-OH is 1. The van der Waals surface area contributed by atoms with E-state index in [0.29, 0.717) is 36.6 Å². The fourth-order valence-electron chi connectivity index (χ4n) is 4.81. The first-order valence-electron chi connectivity index (χ1n) is 13.4. The van der Waals surface area contributed by atoms with Gasteiger partial charge in [-0.25, -0.2) is 8.42 Å². The topological polar surface area (TPSA) is 112 Å². The number of hydrogen-bond acceptors (Lipinski definition) is 7. The molecule has 9 nitrogen and oxygen atoms in total. The molecule has 40 heavy (non-hydrogen) atoms. The number of ether oxygens (including phenoxy) is 1. The first-order chi connectivity index (χ1) is 19.1. The Hall–Kier alpha value is -3.47. The van der Waals surface area contributed by atoms with E-state index in [1.165, 1.54) is 0 Å². The van der Waals surface area contributed by atoms with Crippen LogP contribution in [0.25, 0.3) is 0 Å². The molecule has 214 valence electrons. The summed E-state index contributed by atoms with van der Waals surface area (Å²) in [7, 11) is -1.80. The Kier molecular flexibility index (Phi) is 9.44. The molecule has 2 aromatic carbocycles. The number of likely N-dealkylation sites (N-methyl/N-ethyl adjacent to an activating group) is 1. The molecule has 0 unspecified atom stereocenters. The molecule has 10 heteroatoms. The quantitative estimate of drug-likeness (QED) is 0.408. The van der Waals surface area contributed by atoms with Gasteiger partial charge in [0.05, 0.1) is 24.0 Å². The third kappa shape index (κ3) is 7.38. The maximum absolute atomic E-state index is 13.5. The maximum Gasteiger partial charge on any atom is 0.261 e. The number of nitrogens with zero attached hydrogens (tertiary/aromatic N) is 3. The molecule has 1 aliphatic rings. The maximum atomic E-state index is 13.5. The van der Waals surface area contributed by atoms with Crippen LogP contribution in [-0.2, 0) is 27.8 Å². The summed E-state index contributed by atoms with van der Waals surface area (Å²) in [5.74, 6) is 0.352. The lowest BCUT2D eigenvalue weighted by Crippen LogP contribution is -2.47. The number of aliphatic hydroxyl groups is 1. The molecule has 2 heterocycles. The first-order valence-corrected chi connectivity index (χ1v) is 14.9. The average Bonchev–Trinajstić information content (AvgIpc) is 2.96. The Morgan fingerprint density at radius 1 is 1.15 bits per heavy atom. The normalized spacial score (nSPS) is 18.8. The summed E-state index contributed by atoms with van der Waals surface area (Å²) in [6.45, 7) is 7.33. The van der Waals surface area contributed by atoms with E-state index >= 15 is 0 Å². The van der Waals surface area contributed by atoms with Gasteiger partial charge in [-0.15, -0.1) is 0 Å². The zero-order chi connectivity index (χ0) is 28.9. The van der Waals surface area contributed by atoms with Crippen LogP contribution in [0.15, 0.2) is 71.9 Å². The van der Waals surface area contributed by atoms with E-state index in [4.69, 9.17) is 4.74 Å². The van der Waals surface area contributed by atoms with E-state index in [9.17, 15) is 18.3 Å². The van der Waals surface area contributed by atoms with Gasteiger partial charge in [-0.1, -0.05) is 24.6 Å². The Morgan fingerprint density at radius 2 is 1.85 bits per heavy atom. The number of amides is 1. The highest BCUT2D eigenvalue weighted by atomic mass is 32.2. The van der Waals surface area contributed by atoms with Gasteiger partial charge in [-0.2, -0.15) is 0 Å². The number of nitrogens with one attached hydrogen (secondary N) is 1. The Labute approximate surface area is 236 Å². The Balaban J connectivity index is 1.63. The van der Waals surface area contributed by atoms with E-state index < -0.39 is 10.0 Å². The van der Waals surface area contributed by atoms with E-state index in [0.717, 1.165) is 11.1 Å². The number of rotatable bonds is 9. The van der Waals surface area contributed by atoms with Crippen molar-refractivity contribution >= 4 is 21.6 Å². The molecule has 1 aromatic heterocycles. The third-order valence-electron chi connectivity index (χ3n) is 7.19. The zero-order valence-corrected chi connectivity index (χ0v) is 24.3. The lowest BCUT2D eigenvalue weighted by molar-refractivity contribution is -0.134. The summed E-state index contributed by atoms with van der Waals surface area (Å²) >= 11 is 0. The minimum Gasteiger partial charge on any atom is -0.488 e. The summed E-state index contributed by atoms with van der Waals surface area (Å²) < 4.78 is 35.2. The first kappa shape index (κ1) is 29.5. The van der Waals surface area contributed by atoms with Crippen LogP contribution in [-0.4, -0.2) is 73.1 Å². The van der Waals surface area contributed by atoms with Crippen LogP contribution in [0, 0.1) is 12.8 Å². The number of aryl methyl sites for hydroxylation is 1. The van der Waals surface area contributed by atoms with Gasteiger partial charge in [-0.05, 0) is 68.9 Å². The number of carbonyl (C=O) groups excluding carboxylic acids is 1. The molecule has 0 saturated heterocycles. The highest BCUT2D eigenvalue weighted by Gasteiger charge is 2.31. The summed E-state index contributed by atoms with van der Waals surface area (Å²) in [6.07, 6.45) is 3.29. The van der Waals surface area contributed by atoms with Gasteiger partial charge in [0.25, 0.3) is 10.0 Å². The highest BCUT2D eigenvalue weighted by Crippen LogP contribution is 2.30. The van der Waals surface area contributed by atoms with Crippen LogP contribution in [0.4, 0.5) is 5.69 Å². The molecule has 0 spiro atoms. The summed E-state index contributed by atoms with van der Waals surface area (Å²) in [6, 6.07) is 15.2. The van der Waals surface area contributed by atoms with E-state index in [1.54, 1.807) is 59.8 Å². The number of hydrogen-bond donors (Lipinski definition) is 2. The van der Waals surface area contributed by atoms with Crippen LogP contribution < -0.4 is 9.46 Å². The van der Waals surface area contributed by atoms with Crippen molar-refractivity contribution in [3.63, 3.8) is 0 Å². The van der Waals surface area contributed by atoms with Crippen molar-refractivity contribution in [3.8, 4) is 5.75 Å². The van der Waals surface area contributed by atoms with Crippen molar-refractivity contribution in [1.82, 2.24) is 14.8 Å². The molecular formula is C30H38N4O5S. The van der Waals surface area contributed by atoms with Crippen molar-refractivity contribution in [2.24, 2.45) is 5.92 Å². The molecule has 0 saturated carbocycles. The lowest BCUT2D eigenvalue weighted by Gasteiger charge is -2.34. The second-order valence-corrected chi connectivity index (χ2v) is 12.4. The third-order valence-corrected chi connectivity index (χ3v) is 8.59. The van der Waals surface area contributed by atoms with Crippen molar-refractivity contribution in [3.05, 3.63) is 83.7 Å². The van der Waals surface area contributed by atoms with Crippen LogP contribution in [0.2, 0.25) is 0 Å². The lowest BCUT2D eigenvalue weighted by atomic mass is 10.0. The van der Waals surface area contributed by atoms with Crippen molar-refractivity contribution in [1.29, 1.82) is 0 Å². The second kappa shape index (κ2) is 12.8. The number of benzene rings is 2. The molecule has 2 N–H and O–H groups in total. The van der Waals surface area contributed by atoms with Gasteiger partial charge in [0.2, 0.25) is 5.91 Å². The molecule has 0 aliphatic carbocycles. The Morgan fingerprint density at radius 3 is 2.52 bits per heavy atom. The van der Waals surface area contributed by atoms with Gasteiger partial charge in [0.1, 0.15) is 11.9 Å². The summed E-state index contributed by atoms with van der Waals surface area (Å²) in [4.78, 5) is 21.6. The van der Waals surface area contributed by atoms with E-state index in [2.05, 4.69) is 14.6 Å². The van der Waals surface area contributed by atoms with Crippen LogP contribution in [0.5, 0.6) is 5.75 Å². The van der Waals surface area contributed by atoms with Gasteiger partial charge >= 0.3 is 0 Å². The monoisotopic (exact) mass is 566 g/mol. The molecule has 4 rings (SSSR count). The summed E-state index contributed by atoms with van der Waals surface area (Å²) in [5, 5.41) is 9.88. The van der Waals surface area contributed by atoms with Gasteiger partial charge in [-0.3, -0.25) is 19.4 Å². The molecule has 1 amide bonds. The van der Waals surface area contributed by atoms with Crippen LogP contribution >= 0.6 is 0 Å². The van der Waals surface area contributed by atoms with Crippen molar-refractivity contribution < 1.29 is 23.1 Å².